The number of carbonyl (C=O) groups excluding carboxylic acids is 1. The van der Waals surface area contributed by atoms with Gasteiger partial charge in [0, 0.05) is 35.4 Å². The average Bonchev–Trinajstić information content (AvgIpc) is 3.29. The standard InChI is InChI=1S/C21H18ClN5O3/c22-15-5-9-19(27(29)30)17(13-15)21(28)23-16-6-3-14(4-7-16)18-8-10-20(25-24-18)26-11-1-2-12-26/h3-10,13H,1-2,11-12H2,(H,23,28). The van der Waals surface area contributed by atoms with Gasteiger partial charge in [-0.15, -0.1) is 10.2 Å². The van der Waals surface area contributed by atoms with E-state index in [4.69, 9.17) is 11.6 Å². The predicted molar refractivity (Wildman–Crippen MR) is 115 cm³/mol. The summed E-state index contributed by atoms with van der Waals surface area (Å²) in [5, 5.41) is 22.7. The molecule has 2 heterocycles. The summed E-state index contributed by atoms with van der Waals surface area (Å²) in [5.41, 5.74) is 1.67. The van der Waals surface area contributed by atoms with Gasteiger partial charge < -0.3 is 10.2 Å². The summed E-state index contributed by atoms with van der Waals surface area (Å²) in [5.74, 6) is 0.273. The first-order valence-electron chi connectivity index (χ1n) is 9.46. The van der Waals surface area contributed by atoms with Crippen LogP contribution in [0.4, 0.5) is 17.2 Å². The Balaban J connectivity index is 1.48. The minimum Gasteiger partial charge on any atom is -0.355 e. The molecule has 0 saturated carbocycles. The van der Waals surface area contributed by atoms with Gasteiger partial charge in [-0.2, -0.15) is 0 Å². The van der Waals surface area contributed by atoms with E-state index in [1.807, 2.05) is 24.3 Å². The molecule has 1 N–H and O–H groups in total. The number of aromatic nitrogens is 2. The van der Waals surface area contributed by atoms with Crippen molar-refractivity contribution in [3.8, 4) is 11.3 Å². The Morgan fingerprint density at radius 2 is 1.77 bits per heavy atom. The molecule has 8 nitrogen and oxygen atoms in total. The highest BCUT2D eigenvalue weighted by atomic mass is 35.5. The number of carbonyl (C=O) groups is 1. The second-order valence-corrected chi connectivity index (χ2v) is 7.36. The lowest BCUT2D eigenvalue weighted by atomic mass is 10.1. The van der Waals surface area contributed by atoms with Gasteiger partial charge in [0.05, 0.1) is 10.6 Å². The van der Waals surface area contributed by atoms with E-state index in [0.29, 0.717) is 5.69 Å². The van der Waals surface area contributed by atoms with Gasteiger partial charge in [0.1, 0.15) is 5.56 Å². The van der Waals surface area contributed by atoms with Crippen LogP contribution in [0.5, 0.6) is 0 Å². The maximum Gasteiger partial charge on any atom is 0.282 e. The van der Waals surface area contributed by atoms with Crippen molar-refractivity contribution in [2.24, 2.45) is 0 Å². The van der Waals surface area contributed by atoms with Crippen LogP contribution < -0.4 is 10.2 Å². The van der Waals surface area contributed by atoms with Crippen molar-refractivity contribution in [1.29, 1.82) is 0 Å². The molecule has 3 aromatic rings. The van der Waals surface area contributed by atoms with Gasteiger partial charge in [-0.3, -0.25) is 14.9 Å². The molecule has 1 aliphatic heterocycles. The third kappa shape index (κ3) is 4.23. The quantitative estimate of drug-likeness (QED) is 0.477. The van der Waals surface area contributed by atoms with E-state index in [-0.39, 0.29) is 16.3 Å². The fraction of sp³-hybridized carbons (Fsp3) is 0.190. The van der Waals surface area contributed by atoms with Crippen LogP contribution in [0, 0.1) is 10.1 Å². The molecule has 30 heavy (non-hydrogen) atoms. The summed E-state index contributed by atoms with van der Waals surface area (Å²) in [7, 11) is 0. The fourth-order valence-corrected chi connectivity index (χ4v) is 3.54. The number of nitro groups is 1. The maximum atomic E-state index is 12.5. The Labute approximate surface area is 177 Å². The number of halogens is 1. The molecule has 0 radical (unpaired) electrons. The van der Waals surface area contributed by atoms with Crippen LogP contribution in [0.3, 0.4) is 0 Å². The van der Waals surface area contributed by atoms with Gasteiger partial charge in [0.2, 0.25) is 0 Å². The molecular formula is C21H18ClN5O3. The molecule has 4 rings (SSSR count). The van der Waals surface area contributed by atoms with E-state index in [1.165, 1.54) is 31.0 Å². The Bertz CT molecular complexity index is 1080. The number of anilines is 2. The highest BCUT2D eigenvalue weighted by molar-refractivity contribution is 6.31. The van der Waals surface area contributed by atoms with Gasteiger partial charge in [-0.25, -0.2) is 0 Å². The van der Waals surface area contributed by atoms with Crippen molar-refractivity contribution < 1.29 is 9.72 Å². The van der Waals surface area contributed by atoms with Crippen LogP contribution >= 0.6 is 11.6 Å². The van der Waals surface area contributed by atoms with E-state index in [0.717, 1.165) is 30.2 Å². The van der Waals surface area contributed by atoms with Gasteiger partial charge >= 0.3 is 0 Å². The lowest BCUT2D eigenvalue weighted by Crippen LogP contribution is -2.19. The normalized spacial score (nSPS) is 13.3. The third-order valence-electron chi connectivity index (χ3n) is 4.92. The molecular weight excluding hydrogens is 406 g/mol. The fourth-order valence-electron chi connectivity index (χ4n) is 3.37. The first-order chi connectivity index (χ1) is 14.5. The van der Waals surface area contributed by atoms with Crippen molar-refractivity contribution in [3.63, 3.8) is 0 Å². The molecule has 1 aliphatic rings. The highest BCUT2D eigenvalue weighted by Gasteiger charge is 2.20. The third-order valence-corrected chi connectivity index (χ3v) is 5.15. The van der Waals surface area contributed by atoms with Crippen LogP contribution in [0.15, 0.2) is 54.6 Å². The van der Waals surface area contributed by atoms with Gasteiger partial charge in [0.15, 0.2) is 5.82 Å². The molecule has 0 unspecified atom stereocenters. The van der Waals surface area contributed by atoms with Crippen LogP contribution in [-0.4, -0.2) is 34.1 Å². The van der Waals surface area contributed by atoms with Crippen molar-refractivity contribution in [3.05, 3.63) is 75.3 Å². The summed E-state index contributed by atoms with van der Waals surface area (Å²) in [6, 6.07) is 14.8. The SMILES string of the molecule is O=C(Nc1ccc(-c2ccc(N3CCCC3)nn2)cc1)c1cc(Cl)ccc1[N+](=O)[O-]. The van der Waals surface area contributed by atoms with E-state index >= 15 is 0 Å². The van der Waals surface area contributed by atoms with Crippen molar-refractivity contribution in [2.45, 2.75) is 12.8 Å². The largest absolute Gasteiger partial charge is 0.355 e. The summed E-state index contributed by atoms with van der Waals surface area (Å²) in [4.78, 5) is 25.3. The Hall–Kier alpha value is -3.52. The summed E-state index contributed by atoms with van der Waals surface area (Å²) < 4.78 is 0. The number of hydrogen-bond acceptors (Lipinski definition) is 6. The zero-order valence-electron chi connectivity index (χ0n) is 15.9. The second-order valence-electron chi connectivity index (χ2n) is 6.92. The lowest BCUT2D eigenvalue weighted by molar-refractivity contribution is -0.385. The Kier molecular flexibility index (Phi) is 5.58. The number of nitrogens with zero attached hydrogens (tertiary/aromatic N) is 4. The first-order valence-corrected chi connectivity index (χ1v) is 9.83. The zero-order chi connectivity index (χ0) is 21.1. The second kappa shape index (κ2) is 8.46. The number of nitrogens with one attached hydrogen (secondary N) is 1. The van der Waals surface area contributed by atoms with Crippen LogP contribution in [-0.2, 0) is 0 Å². The van der Waals surface area contributed by atoms with Crippen LogP contribution in [0.1, 0.15) is 23.2 Å². The average molecular weight is 424 g/mol. The highest BCUT2D eigenvalue weighted by Crippen LogP contribution is 2.25. The molecule has 9 heteroatoms. The molecule has 1 aromatic heterocycles. The van der Waals surface area contributed by atoms with Gasteiger partial charge in [-0.1, -0.05) is 23.7 Å². The van der Waals surface area contributed by atoms with Crippen molar-refractivity contribution in [1.82, 2.24) is 10.2 Å². The molecule has 0 atom stereocenters. The Morgan fingerprint density at radius 1 is 1.03 bits per heavy atom. The molecule has 0 bridgehead atoms. The van der Waals surface area contributed by atoms with E-state index in [1.54, 1.807) is 12.1 Å². The van der Waals surface area contributed by atoms with E-state index in [2.05, 4.69) is 20.4 Å². The molecule has 1 saturated heterocycles. The number of hydrogen-bond donors (Lipinski definition) is 1. The minimum atomic E-state index is -0.612. The zero-order valence-corrected chi connectivity index (χ0v) is 16.7. The molecule has 1 fully saturated rings. The lowest BCUT2D eigenvalue weighted by Gasteiger charge is -2.15. The summed E-state index contributed by atoms with van der Waals surface area (Å²) in [6.45, 7) is 2.01. The monoisotopic (exact) mass is 423 g/mol. The topological polar surface area (TPSA) is 101 Å². The number of amides is 1. The van der Waals surface area contributed by atoms with Gasteiger partial charge in [0.25, 0.3) is 11.6 Å². The maximum absolute atomic E-state index is 12.5. The minimum absolute atomic E-state index is 0.0973. The Morgan fingerprint density at radius 3 is 2.40 bits per heavy atom. The smallest absolute Gasteiger partial charge is 0.282 e. The van der Waals surface area contributed by atoms with Crippen molar-refractivity contribution in [2.75, 3.05) is 23.3 Å². The molecule has 152 valence electrons. The summed E-state index contributed by atoms with van der Waals surface area (Å²) >= 11 is 5.89. The van der Waals surface area contributed by atoms with Crippen molar-refractivity contribution >= 4 is 34.7 Å². The summed E-state index contributed by atoms with van der Waals surface area (Å²) in [6.07, 6.45) is 2.35. The van der Waals surface area contributed by atoms with Crippen LogP contribution in [0.25, 0.3) is 11.3 Å². The van der Waals surface area contributed by atoms with E-state index in [9.17, 15) is 14.9 Å². The first kappa shape index (κ1) is 19.8. The number of benzene rings is 2. The number of nitro benzene ring substituents is 1. The van der Waals surface area contributed by atoms with Gasteiger partial charge in [-0.05, 0) is 49.2 Å². The van der Waals surface area contributed by atoms with E-state index < -0.39 is 10.8 Å². The predicted octanol–water partition coefficient (Wildman–Crippen LogP) is 4.56. The molecule has 0 spiro atoms. The number of rotatable bonds is 5. The molecule has 1 amide bonds. The molecule has 0 aliphatic carbocycles. The van der Waals surface area contributed by atoms with Crippen LogP contribution in [0.2, 0.25) is 5.02 Å². The molecule has 2 aromatic carbocycles.